The number of nitrogens with one attached hydrogen (secondary N) is 1. The van der Waals surface area contributed by atoms with Crippen molar-refractivity contribution in [1.29, 1.82) is 0 Å². The molecule has 5 heteroatoms. The first kappa shape index (κ1) is 15.5. The van der Waals surface area contributed by atoms with E-state index in [2.05, 4.69) is 52.5 Å². The second-order valence-electron chi connectivity index (χ2n) is 4.68. The smallest absolute Gasteiger partial charge is 0.0522 e. The third-order valence-corrected chi connectivity index (χ3v) is 4.16. The molecule has 1 atom stereocenters. The van der Waals surface area contributed by atoms with Crippen molar-refractivity contribution in [1.82, 2.24) is 15.1 Å². The highest BCUT2D eigenvalue weighted by Gasteiger charge is 2.15. The molecule has 2 rings (SSSR count). The Labute approximate surface area is 133 Å². The van der Waals surface area contributed by atoms with Gasteiger partial charge in [0.15, 0.2) is 0 Å². The molecule has 3 nitrogen and oxygen atoms in total. The standard InChI is InChI=1S/C15H19BrClN3/c1-3-18-15(7-11-9-19-20(4-2)10-11)13-6-5-12(17)8-14(13)16/h5-6,8-10,15,18H,3-4,7H2,1-2H3. The van der Waals surface area contributed by atoms with E-state index in [-0.39, 0.29) is 6.04 Å². The number of halogens is 2. The molecule has 2 aromatic rings. The van der Waals surface area contributed by atoms with Crippen LogP contribution in [0.3, 0.4) is 0 Å². The van der Waals surface area contributed by atoms with Gasteiger partial charge in [-0.1, -0.05) is 40.5 Å². The molecule has 0 bridgehead atoms. The average Bonchev–Trinajstić information content (AvgIpc) is 2.86. The largest absolute Gasteiger partial charge is 0.310 e. The second kappa shape index (κ2) is 7.25. The zero-order valence-corrected chi connectivity index (χ0v) is 14.1. The molecule has 20 heavy (non-hydrogen) atoms. The van der Waals surface area contributed by atoms with E-state index >= 15 is 0 Å². The molecule has 1 heterocycles. The van der Waals surface area contributed by atoms with Gasteiger partial charge >= 0.3 is 0 Å². The summed E-state index contributed by atoms with van der Waals surface area (Å²) >= 11 is 9.62. The molecular formula is C15H19BrClN3. The Hall–Kier alpha value is -0.840. The van der Waals surface area contributed by atoms with Crippen LogP contribution in [0.15, 0.2) is 35.1 Å². The van der Waals surface area contributed by atoms with Crippen LogP contribution in [0.1, 0.15) is 31.0 Å². The molecule has 0 radical (unpaired) electrons. The van der Waals surface area contributed by atoms with Crippen LogP contribution in [-0.4, -0.2) is 16.3 Å². The maximum atomic E-state index is 6.02. The van der Waals surface area contributed by atoms with Crippen LogP contribution >= 0.6 is 27.5 Å². The van der Waals surface area contributed by atoms with Crippen molar-refractivity contribution in [2.45, 2.75) is 32.9 Å². The van der Waals surface area contributed by atoms with E-state index < -0.39 is 0 Å². The normalized spacial score (nSPS) is 12.6. The highest BCUT2D eigenvalue weighted by atomic mass is 79.9. The van der Waals surface area contributed by atoms with Crippen LogP contribution in [0.5, 0.6) is 0 Å². The minimum atomic E-state index is 0.251. The van der Waals surface area contributed by atoms with E-state index in [1.165, 1.54) is 11.1 Å². The Morgan fingerprint density at radius 2 is 2.20 bits per heavy atom. The number of hydrogen-bond acceptors (Lipinski definition) is 2. The van der Waals surface area contributed by atoms with Gasteiger partial charge in [-0.05, 0) is 43.1 Å². The molecule has 0 saturated carbocycles. The summed E-state index contributed by atoms with van der Waals surface area (Å²) in [5.74, 6) is 0. The van der Waals surface area contributed by atoms with Gasteiger partial charge in [-0.3, -0.25) is 4.68 Å². The summed E-state index contributed by atoms with van der Waals surface area (Å²) < 4.78 is 2.99. The first-order chi connectivity index (χ1) is 9.63. The molecule has 1 aromatic heterocycles. The molecule has 0 saturated heterocycles. The average molecular weight is 357 g/mol. The minimum Gasteiger partial charge on any atom is -0.310 e. The molecule has 0 fully saturated rings. The fraction of sp³-hybridized carbons (Fsp3) is 0.400. The zero-order chi connectivity index (χ0) is 14.5. The molecule has 0 aliphatic rings. The van der Waals surface area contributed by atoms with Gasteiger partial charge in [-0.25, -0.2) is 0 Å². The number of nitrogens with zero attached hydrogens (tertiary/aromatic N) is 2. The van der Waals surface area contributed by atoms with E-state index in [9.17, 15) is 0 Å². The Morgan fingerprint density at radius 1 is 1.40 bits per heavy atom. The molecule has 108 valence electrons. The van der Waals surface area contributed by atoms with Crippen LogP contribution < -0.4 is 5.32 Å². The summed E-state index contributed by atoms with van der Waals surface area (Å²) in [4.78, 5) is 0. The van der Waals surface area contributed by atoms with Crippen molar-refractivity contribution in [3.8, 4) is 0 Å². The maximum absolute atomic E-state index is 6.02. The Kier molecular flexibility index (Phi) is 5.64. The van der Waals surface area contributed by atoms with Gasteiger partial charge < -0.3 is 5.32 Å². The van der Waals surface area contributed by atoms with E-state index in [4.69, 9.17) is 11.6 Å². The van der Waals surface area contributed by atoms with Crippen molar-refractivity contribution in [3.63, 3.8) is 0 Å². The summed E-state index contributed by atoms with van der Waals surface area (Å²) in [6.45, 7) is 6.03. The van der Waals surface area contributed by atoms with Gasteiger partial charge in [0, 0.05) is 28.3 Å². The molecule has 1 N–H and O–H groups in total. The molecule has 1 aromatic carbocycles. The lowest BCUT2D eigenvalue weighted by Gasteiger charge is -2.19. The van der Waals surface area contributed by atoms with E-state index in [1.54, 1.807) is 0 Å². The lowest BCUT2D eigenvalue weighted by atomic mass is 10.0. The van der Waals surface area contributed by atoms with Crippen molar-refractivity contribution in [2.24, 2.45) is 0 Å². The molecular weight excluding hydrogens is 338 g/mol. The number of hydrogen-bond donors (Lipinski definition) is 1. The fourth-order valence-corrected chi connectivity index (χ4v) is 3.20. The van der Waals surface area contributed by atoms with Crippen LogP contribution in [0.2, 0.25) is 5.02 Å². The van der Waals surface area contributed by atoms with E-state index in [1.807, 2.05) is 23.0 Å². The van der Waals surface area contributed by atoms with Gasteiger partial charge in [-0.15, -0.1) is 0 Å². The first-order valence-electron chi connectivity index (χ1n) is 6.83. The fourth-order valence-electron chi connectivity index (χ4n) is 2.24. The molecule has 0 aliphatic carbocycles. The Balaban J connectivity index is 2.21. The van der Waals surface area contributed by atoms with Gasteiger partial charge in [-0.2, -0.15) is 5.10 Å². The minimum absolute atomic E-state index is 0.251. The predicted molar refractivity (Wildman–Crippen MR) is 87.2 cm³/mol. The number of rotatable bonds is 6. The summed E-state index contributed by atoms with van der Waals surface area (Å²) in [5, 5.41) is 8.60. The van der Waals surface area contributed by atoms with Crippen LogP contribution in [0.4, 0.5) is 0 Å². The van der Waals surface area contributed by atoms with Crippen molar-refractivity contribution < 1.29 is 0 Å². The Morgan fingerprint density at radius 3 is 2.80 bits per heavy atom. The van der Waals surface area contributed by atoms with Crippen molar-refractivity contribution in [2.75, 3.05) is 6.54 Å². The monoisotopic (exact) mass is 355 g/mol. The third-order valence-electron chi connectivity index (χ3n) is 3.24. The first-order valence-corrected chi connectivity index (χ1v) is 8.00. The molecule has 0 aliphatic heterocycles. The van der Waals surface area contributed by atoms with E-state index in [0.29, 0.717) is 0 Å². The highest BCUT2D eigenvalue weighted by molar-refractivity contribution is 9.10. The van der Waals surface area contributed by atoms with Gasteiger partial charge in [0.25, 0.3) is 0 Å². The zero-order valence-electron chi connectivity index (χ0n) is 11.7. The van der Waals surface area contributed by atoms with Crippen molar-refractivity contribution >= 4 is 27.5 Å². The Bertz CT molecular complexity index is 568. The maximum Gasteiger partial charge on any atom is 0.0522 e. The topological polar surface area (TPSA) is 29.9 Å². The SMILES string of the molecule is CCNC(Cc1cnn(CC)c1)c1ccc(Cl)cc1Br. The van der Waals surface area contributed by atoms with Gasteiger partial charge in [0.2, 0.25) is 0 Å². The third kappa shape index (κ3) is 3.84. The highest BCUT2D eigenvalue weighted by Crippen LogP contribution is 2.28. The summed E-state index contributed by atoms with van der Waals surface area (Å²) in [6, 6.07) is 6.20. The van der Waals surface area contributed by atoms with Crippen LogP contribution in [-0.2, 0) is 13.0 Å². The predicted octanol–water partition coefficient (Wildman–Crippen LogP) is 4.21. The number of aryl methyl sites for hydroxylation is 1. The van der Waals surface area contributed by atoms with E-state index in [0.717, 1.165) is 29.0 Å². The number of likely N-dealkylation sites (N-methyl/N-ethyl adjacent to an activating group) is 1. The van der Waals surface area contributed by atoms with Gasteiger partial charge in [0.05, 0.1) is 6.20 Å². The summed E-state index contributed by atoms with van der Waals surface area (Å²) in [5.41, 5.74) is 2.46. The van der Waals surface area contributed by atoms with Crippen molar-refractivity contribution in [3.05, 3.63) is 51.2 Å². The number of benzene rings is 1. The lowest BCUT2D eigenvalue weighted by molar-refractivity contribution is 0.547. The molecule has 0 amide bonds. The number of aromatic nitrogens is 2. The molecule has 1 unspecified atom stereocenters. The van der Waals surface area contributed by atoms with Crippen LogP contribution in [0, 0.1) is 0 Å². The lowest BCUT2D eigenvalue weighted by Crippen LogP contribution is -2.23. The summed E-state index contributed by atoms with van der Waals surface area (Å²) in [6.07, 6.45) is 4.96. The second-order valence-corrected chi connectivity index (χ2v) is 5.98. The van der Waals surface area contributed by atoms with Crippen LogP contribution in [0.25, 0.3) is 0 Å². The summed E-state index contributed by atoms with van der Waals surface area (Å²) in [7, 11) is 0. The quantitative estimate of drug-likeness (QED) is 0.840. The van der Waals surface area contributed by atoms with Gasteiger partial charge in [0.1, 0.15) is 0 Å². The molecule has 0 spiro atoms.